The molecule has 0 saturated heterocycles. The Hall–Kier alpha value is -3.78. The predicted octanol–water partition coefficient (Wildman–Crippen LogP) is 5.66. The van der Waals surface area contributed by atoms with E-state index in [9.17, 15) is 14.9 Å². The van der Waals surface area contributed by atoms with Crippen LogP contribution >= 0.6 is 11.3 Å². The number of hydrogen-bond donors (Lipinski definition) is 0. The quantitative estimate of drug-likeness (QED) is 0.222. The van der Waals surface area contributed by atoms with Crippen LogP contribution in [0.5, 0.6) is 0 Å². The van der Waals surface area contributed by atoms with E-state index in [0.717, 1.165) is 21.3 Å². The number of nitro benzene ring substituents is 1. The van der Waals surface area contributed by atoms with E-state index in [2.05, 4.69) is 12.1 Å². The van der Waals surface area contributed by atoms with E-state index in [-0.39, 0.29) is 18.1 Å². The van der Waals surface area contributed by atoms with Crippen LogP contribution in [0.1, 0.15) is 22.5 Å². The van der Waals surface area contributed by atoms with Gasteiger partial charge in [-0.05, 0) is 66.9 Å². The van der Waals surface area contributed by atoms with E-state index >= 15 is 0 Å². The van der Waals surface area contributed by atoms with Gasteiger partial charge in [0.2, 0.25) is 0 Å². The molecule has 0 bridgehead atoms. The van der Waals surface area contributed by atoms with E-state index in [4.69, 9.17) is 9.40 Å². The summed E-state index contributed by atoms with van der Waals surface area (Å²) in [5.41, 5.74) is 3.77. The second-order valence-corrected chi connectivity index (χ2v) is 8.12. The van der Waals surface area contributed by atoms with Crippen LogP contribution in [0.4, 0.5) is 10.8 Å². The second-order valence-electron chi connectivity index (χ2n) is 7.11. The topological polar surface area (TPSA) is 89.5 Å². The monoisotopic (exact) mass is 433 g/mol. The molecule has 0 unspecified atom stereocenters. The molecule has 0 N–H and O–H groups in total. The van der Waals surface area contributed by atoms with Crippen LogP contribution in [-0.2, 0) is 11.3 Å². The van der Waals surface area contributed by atoms with Crippen LogP contribution in [0.2, 0.25) is 0 Å². The van der Waals surface area contributed by atoms with E-state index in [1.54, 1.807) is 35.4 Å². The highest BCUT2D eigenvalue weighted by atomic mass is 32.1. The Labute approximate surface area is 182 Å². The van der Waals surface area contributed by atoms with Gasteiger partial charge in [0.05, 0.1) is 27.9 Å². The second kappa shape index (κ2) is 8.53. The van der Waals surface area contributed by atoms with Crippen molar-refractivity contribution in [2.75, 3.05) is 4.90 Å². The number of carbonyl (C=O) groups excluding carboxylic acids is 1. The summed E-state index contributed by atoms with van der Waals surface area (Å²) in [5.74, 6) is 0.382. The van der Waals surface area contributed by atoms with Crippen LogP contribution < -0.4 is 4.90 Å². The van der Waals surface area contributed by atoms with Crippen molar-refractivity contribution in [3.8, 4) is 0 Å². The van der Waals surface area contributed by atoms with Crippen molar-refractivity contribution < 1.29 is 14.1 Å². The molecule has 2 aromatic carbocycles. The Balaban J connectivity index is 1.65. The highest BCUT2D eigenvalue weighted by molar-refractivity contribution is 7.22. The van der Waals surface area contributed by atoms with Gasteiger partial charge in [-0.25, -0.2) is 4.98 Å². The average Bonchev–Trinajstić information content (AvgIpc) is 3.40. The average molecular weight is 433 g/mol. The fourth-order valence-corrected chi connectivity index (χ4v) is 4.38. The molecule has 7 nitrogen and oxygen atoms in total. The molecule has 8 heteroatoms. The summed E-state index contributed by atoms with van der Waals surface area (Å²) in [5, 5.41) is 11.4. The number of furan rings is 1. The third-order valence-corrected chi connectivity index (χ3v) is 5.76. The number of non-ortho nitro benzene ring substituents is 1. The number of benzene rings is 2. The third-order valence-electron chi connectivity index (χ3n) is 4.73. The van der Waals surface area contributed by atoms with E-state index in [0.29, 0.717) is 16.5 Å². The first-order valence-electron chi connectivity index (χ1n) is 9.55. The number of fused-ring (bicyclic) bond motifs is 1. The molecule has 0 saturated carbocycles. The minimum atomic E-state index is -0.458. The summed E-state index contributed by atoms with van der Waals surface area (Å²) in [4.78, 5) is 29.7. The number of aryl methyl sites for hydroxylation is 2. The van der Waals surface area contributed by atoms with Gasteiger partial charge in [0, 0.05) is 18.2 Å². The molecule has 2 heterocycles. The lowest BCUT2D eigenvalue weighted by Crippen LogP contribution is -2.28. The lowest BCUT2D eigenvalue weighted by Gasteiger charge is -2.16. The number of anilines is 1. The lowest BCUT2D eigenvalue weighted by atomic mass is 10.1. The van der Waals surface area contributed by atoms with Gasteiger partial charge in [-0.1, -0.05) is 17.4 Å². The number of thiazole rings is 1. The van der Waals surface area contributed by atoms with Crippen molar-refractivity contribution >= 4 is 44.4 Å². The molecule has 4 aromatic rings. The number of nitro groups is 1. The smallest absolute Gasteiger partial charge is 0.269 e. The third kappa shape index (κ3) is 4.54. The Bertz CT molecular complexity index is 1270. The van der Waals surface area contributed by atoms with Crippen molar-refractivity contribution in [3.63, 3.8) is 0 Å². The highest BCUT2D eigenvalue weighted by Gasteiger charge is 2.20. The Morgan fingerprint density at radius 2 is 2.00 bits per heavy atom. The molecule has 31 heavy (non-hydrogen) atoms. The predicted molar refractivity (Wildman–Crippen MR) is 121 cm³/mol. The van der Waals surface area contributed by atoms with Crippen molar-refractivity contribution in [1.82, 2.24) is 4.98 Å². The Morgan fingerprint density at radius 3 is 2.68 bits per heavy atom. The summed E-state index contributed by atoms with van der Waals surface area (Å²) in [6.45, 7) is 4.28. The van der Waals surface area contributed by atoms with Crippen LogP contribution in [0.15, 0.2) is 65.3 Å². The molecule has 0 aliphatic carbocycles. The Kier molecular flexibility index (Phi) is 5.64. The van der Waals surface area contributed by atoms with Crippen molar-refractivity contribution in [2.24, 2.45) is 0 Å². The van der Waals surface area contributed by atoms with Crippen LogP contribution in [0.3, 0.4) is 0 Å². The lowest BCUT2D eigenvalue weighted by molar-refractivity contribution is -0.384. The first-order chi connectivity index (χ1) is 14.9. The number of rotatable bonds is 6. The molecular weight excluding hydrogens is 414 g/mol. The highest BCUT2D eigenvalue weighted by Crippen LogP contribution is 2.32. The molecule has 1 amide bonds. The van der Waals surface area contributed by atoms with Gasteiger partial charge < -0.3 is 4.42 Å². The maximum atomic E-state index is 13.1. The fourth-order valence-electron chi connectivity index (χ4n) is 3.24. The fraction of sp³-hybridized carbons (Fsp3) is 0.130. The summed E-state index contributed by atoms with van der Waals surface area (Å²) in [7, 11) is 0. The zero-order valence-corrected chi connectivity index (χ0v) is 17.8. The molecule has 0 radical (unpaired) electrons. The molecule has 0 atom stereocenters. The Morgan fingerprint density at radius 1 is 1.23 bits per heavy atom. The van der Waals surface area contributed by atoms with Crippen molar-refractivity contribution in [1.29, 1.82) is 0 Å². The van der Waals surface area contributed by atoms with Crippen molar-refractivity contribution in [3.05, 3.63) is 93.4 Å². The van der Waals surface area contributed by atoms with Gasteiger partial charge in [0.1, 0.15) is 5.76 Å². The zero-order valence-electron chi connectivity index (χ0n) is 16.9. The molecule has 0 fully saturated rings. The van der Waals surface area contributed by atoms with Gasteiger partial charge in [0.15, 0.2) is 5.13 Å². The molecular formula is C23H19N3O4S. The minimum absolute atomic E-state index is 0.00283. The number of aromatic nitrogens is 1. The van der Waals surface area contributed by atoms with Crippen LogP contribution in [0.25, 0.3) is 16.3 Å². The van der Waals surface area contributed by atoms with E-state index in [1.807, 2.05) is 19.9 Å². The van der Waals surface area contributed by atoms with Gasteiger partial charge in [0.25, 0.3) is 11.6 Å². The van der Waals surface area contributed by atoms with Gasteiger partial charge in [-0.2, -0.15) is 0 Å². The van der Waals surface area contributed by atoms with E-state index in [1.165, 1.54) is 29.5 Å². The van der Waals surface area contributed by atoms with Gasteiger partial charge in [-0.3, -0.25) is 19.8 Å². The maximum Gasteiger partial charge on any atom is 0.269 e. The van der Waals surface area contributed by atoms with Crippen LogP contribution in [-0.4, -0.2) is 15.8 Å². The molecule has 0 spiro atoms. The van der Waals surface area contributed by atoms with E-state index < -0.39 is 4.92 Å². The molecule has 2 aromatic heterocycles. The molecule has 4 rings (SSSR count). The number of nitrogens with zero attached hydrogens (tertiary/aromatic N) is 3. The minimum Gasteiger partial charge on any atom is -0.467 e. The summed E-state index contributed by atoms with van der Waals surface area (Å²) in [6.07, 6.45) is 4.63. The maximum absolute atomic E-state index is 13.1. The SMILES string of the molecule is Cc1cc(C)c2nc(N(Cc3ccco3)C(=O)/C=C\c3ccc([N+](=O)[O-])cc3)sc2c1. The first-order valence-corrected chi connectivity index (χ1v) is 10.4. The number of carbonyl (C=O) groups is 1. The van der Waals surface area contributed by atoms with Crippen LogP contribution in [0, 0.1) is 24.0 Å². The molecule has 0 aliphatic heterocycles. The van der Waals surface area contributed by atoms with Gasteiger partial charge >= 0.3 is 0 Å². The van der Waals surface area contributed by atoms with Gasteiger partial charge in [-0.15, -0.1) is 0 Å². The first kappa shape index (κ1) is 20.5. The number of amides is 1. The normalized spacial score (nSPS) is 11.3. The molecule has 156 valence electrons. The summed E-state index contributed by atoms with van der Waals surface area (Å²) >= 11 is 1.45. The molecule has 0 aliphatic rings. The zero-order chi connectivity index (χ0) is 22.0. The summed E-state index contributed by atoms with van der Waals surface area (Å²) in [6, 6.07) is 13.7. The largest absolute Gasteiger partial charge is 0.467 e. The number of hydrogen-bond acceptors (Lipinski definition) is 6. The standard InChI is InChI=1S/C23H19N3O4S/c1-15-12-16(2)22-20(13-15)31-23(24-22)25(14-19-4-3-11-30-19)21(27)10-7-17-5-8-18(9-6-17)26(28)29/h3-13H,14H2,1-2H3/b10-7-. The summed E-state index contributed by atoms with van der Waals surface area (Å²) < 4.78 is 6.46. The van der Waals surface area contributed by atoms with Crippen molar-refractivity contribution in [2.45, 2.75) is 20.4 Å².